The van der Waals surface area contributed by atoms with Crippen molar-refractivity contribution in [1.82, 2.24) is 14.9 Å². The monoisotopic (exact) mass is 363 g/mol. The second-order valence-corrected chi connectivity index (χ2v) is 8.29. The Morgan fingerprint density at radius 1 is 1.37 bits per heavy atom. The van der Waals surface area contributed by atoms with Crippen molar-refractivity contribution in [2.24, 2.45) is 0 Å². The maximum atomic E-state index is 12.6. The van der Waals surface area contributed by atoms with Crippen LogP contribution < -0.4 is 0 Å². The highest BCUT2D eigenvalue weighted by Gasteiger charge is 2.36. The molecule has 0 bridgehead atoms. The van der Waals surface area contributed by atoms with Crippen LogP contribution in [0.5, 0.6) is 0 Å². The topological polar surface area (TPSA) is 58.2 Å². The van der Waals surface area contributed by atoms with Crippen molar-refractivity contribution in [3.63, 3.8) is 0 Å². The van der Waals surface area contributed by atoms with E-state index in [9.17, 15) is 4.79 Å². The number of aromatic nitrogens is 2. The predicted molar refractivity (Wildman–Crippen MR) is 104 cm³/mol. The third kappa shape index (κ3) is 3.32. The average Bonchev–Trinajstić information content (AvgIpc) is 3.26. The first-order valence-corrected chi connectivity index (χ1v) is 9.54. The van der Waals surface area contributed by atoms with Crippen molar-refractivity contribution in [3.05, 3.63) is 40.8 Å². The molecule has 0 unspecified atom stereocenters. The smallest absolute Gasteiger partial charge is 0.410 e. The molecule has 2 aliphatic rings. The van der Waals surface area contributed by atoms with Crippen LogP contribution in [-0.2, 0) is 17.6 Å². The number of carbonyl (C=O) groups excluding carboxylic acids is 1. The Hall–Kier alpha value is -2.74. The van der Waals surface area contributed by atoms with Crippen LogP contribution in [0.1, 0.15) is 62.3 Å². The van der Waals surface area contributed by atoms with Crippen LogP contribution in [0.15, 0.2) is 18.2 Å². The number of aryl methyl sites for hydroxylation is 2. The molecule has 2 aromatic rings. The number of benzene rings is 1. The van der Waals surface area contributed by atoms with Crippen molar-refractivity contribution in [1.29, 1.82) is 0 Å². The van der Waals surface area contributed by atoms with Gasteiger partial charge in [0.2, 0.25) is 0 Å². The molecule has 1 atom stereocenters. The molecule has 140 valence electrons. The van der Waals surface area contributed by atoms with Gasteiger partial charge in [-0.05, 0) is 64.2 Å². The number of imidazole rings is 1. The van der Waals surface area contributed by atoms with Gasteiger partial charge in [0.15, 0.2) is 0 Å². The molecular weight excluding hydrogens is 338 g/mol. The number of hydrogen-bond donors (Lipinski definition) is 1. The summed E-state index contributed by atoms with van der Waals surface area (Å²) in [5.74, 6) is 3.56. The number of hydrogen-bond acceptors (Lipinski definition) is 3. The summed E-state index contributed by atoms with van der Waals surface area (Å²) in [4.78, 5) is 22.8. The van der Waals surface area contributed by atoms with E-state index in [2.05, 4.69) is 23.0 Å². The summed E-state index contributed by atoms with van der Waals surface area (Å²) in [6.45, 7) is 6.38. The largest absolute Gasteiger partial charge is 0.444 e. The first kappa shape index (κ1) is 17.7. The molecule has 1 aromatic carbocycles. The Morgan fingerprint density at radius 3 is 2.93 bits per heavy atom. The van der Waals surface area contributed by atoms with E-state index >= 15 is 0 Å². The van der Waals surface area contributed by atoms with Crippen molar-refractivity contribution in [3.8, 4) is 23.6 Å². The first-order valence-electron chi connectivity index (χ1n) is 9.54. The summed E-state index contributed by atoms with van der Waals surface area (Å²) in [7, 11) is 0. The number of aromatic amines is 1. The first-order chi connectivity index (χ1) is 12.9. The van der Waals surface area contributed by atoms with Gasteiger partial charge in [-0.2, -0.15) is 0 Å². The lowest BCUT2D eigenvalue weighted by atomic mass is 9.91. The van der Waals surface area contributed by atoms with E-state index in [-0.39, 0.29) is 12.1 Å². The van der Waals surface area contributed by atoms with E-state index in [1.165, 1.54) is 5.56 Å². The number of carbonyl (C=O) groups is 1. The highest BCUT2D eigenvalue weighted by Crippen LogP contribution is 2.37. The molecule has 1 aromatic heterocycles. The maximum absolute atomic E-state index is 12.6. The second kappa shape index (κ2) is 6.45. The molecule has 1 aliphatic carbocycles. The molecule has 1 aliphatic heterocycles. The molecule has 1 amide bonds. The van der Waals surface area contributed by atoms with Crippen molar-refractivity contribution in [2.45, 2.75) is 58.1 Å². The molecule has 27 heavy (non-hydrogen) atoms. The van der Waals surface area contributed by atoms with Crippen molar-refractivity contribution >= 4 is 6.09 Å². The zero-order valence-corrected chi connectivity index (χ0v) is 16.1. The number of amides is 1. The van der Waals surface area contributed by atoms with Gasteiger partial charge in [0.05, 0.1) is 17.4 Å². The van der Waals surface area contributed by atoms with E-state index < -0.39 is 5.60 Å². The van der Waals surface area contributed by atoms with Gasteiger partial charge in [0.25, 0.3) is 0 Å². The van der Waals surface area contributed by atoms with Crippen LogP contribution in [0.2, 0.25) is 0 Å². The molecule has 0 spiro atoms. The molecule has 1 saturated heterocycles. The Bertz CT molecular complexity index is 930. The number of fused-ring (bicyclic) bond motifs is 3. The summed E-state index contributed by atoms with van der Waals surface area (Å²) in [6, 6.07) is 6.07. The van der Waals surface area contributed by atoms with Gasteiger partial charge < -0.3 is 9.72 Å². The molecule has 2 heterocycles. The van der Waals surface area contributed by atoms with Crippen molar-refractivity contribution < 1.29 is 9.53 Å². The lowest BCUT2D eigenvalue weighted by molar-refractivity contribution is 0.0218. The van der Waals surface area contributed by atoms with Crippen LogP contribution in [-0.4, -0.2) is 33.1 Å². The lowest BCUT2D eigenvalue weighted by Gasteiger charge is -2.27. The number of nitrogens with zero attached hydrogens (tertiary/aromatic N) is 2. The normalized spacial score (nSPS) is 18.6. The number of H-pyrrole nitrogens is 1. The number of likely N-dealkylation sites (tertiary alicyclic amines) is 1. The fourth-order valence-electron chi connectivity index (χ4n) is 3.97. The van der Waals surface area contributed by atoms with Gasteiger partial charge in [0, 0.05) is 17.7 Å². The van der Waals surface area contributed by atoms with Crippen LogP contribution >= 0.6 is 0 Å². The van der Waals surface area contributed by atoms with Crippen LogP contribution in [0.25, 0.3) is 11.3 Å². The molecule has 1 N–H and O–H groups in total. The second-order valence-electron chi connectivity index (χ2n) is 8.29. The summed E-state index contributed by atoms with van der Waals surface area (Å²) in [5, 5.41) is 0. The van der Waals surface area contributed by atoms with Gasteiger partial charge in [0.1, 0.15) is 11.4 Å². The number of ether oxygens (including phenoxy) is 1. The van der Waals surface area contributed by atoms with Crippen LogP contribution in [0.4, 0.5) is 4.79 Å². The quantitative estimate of drug-likeness (QED) is 0.772. The van der Waals surface area contributed by atoms with E-state index in [1.807, 2.05) is 26.8 Å². The van der Waals surface area contributed by atoms with Gasteiger partial charge in [-0.25, -0.2) is 9.78 Å². The molecule has 5 nitrogen and oxygen atoms in total. The Morgan fingerprint density at radius 2 is 2.19 bits per heavy atom. The summed E-state index contributed by atoms with van der Waals surface area (Å²) < 4.78 is 5.58. The molecular formula is C22H25N3O2. The molecule has 0 radical (unpaired) electrons. The summed E-state index contributed by atoms with van der Waals surface area (Å²) in [6.07, 6.45) is 8.93. The highest BCUT2D eigenvalue weighted by molar-refractivity contribution is 5.71. The average molecular weight is 363 g/mol. The lowest BCUT2D eigenvalue weighted by Crippen LogP contribution is -2.36. The van der Waals surface area contributed by atoms with E-state index in [4.69, 9.17) is 16.1 Å². The third-order valence-corrected chi connectivity index (χ3v) is 5.17. The fraction of sp³-hybridized carbons (Fsp3) is 0.455. The Balaban J connectivity index is 1.64. The number of terminal acetylenes is 1. The van der Waals surface area contributed by atoms with Gasteiger partial charge in [-0.15, -0.1) is 6.42 Å². The maximum Gasteiger partial charge on any atom is 0.410 e. The molecule has 1 fully saturated rings. The van der Waals surface area contributed by atoms with E-state index in [1.54, 1.807) is 4.90 Å². The summed E-state index contributed by atoms with van der Waals surface area (Å²) in [5.41, 5.74) is 4.95. The van der Waals surface area contributed by atoms with E-state index in [0.29, 0.717) is 6.54 Å². The zero-order chi connectivity index (χ0) is 19.2. The predicted octanol–water partition coefficient (Wildman–Crippen LogP) is 4.23. The Kier molecular flexibility index (Phi) is 4.22. The minimum absolute atomic E-state index is 0.0566. The van der Waals surface area contributed by atoms with Crippen molar-refractivity contribution in [2.75, 3.05) is 6.54 Å². The molecule has 5 heteroatoms. The molecule has 4 rings (SSSR count). The minimum Gasteiger partial charge on any atom is -0.444 e. The van der Waals surface area contributed by atoms with Gasteiger partial charge >= 0.3 is 6.09 Å². The number of nitrogens with one attached hydrogen (secondary N) is 1. The third-order valence-electron chi connectivity index (χ3n) is 5.17. The fourth-order valence-corrected chi connectivity index (χ4v) is 3.97. The SMILES string of the molecule is C#Cc1ccc2c(c1)CCc1nc([C@@H]3CCCN3C(=O)OC(C)(C)C)[nH]c1-2. The minimum atomic E-state index is -0.500. The molecule has 0 saturated carbocycles. The Labute approximate surface area is 160 Å². The van der Waals surface area contributed by atoms with E-state index in [0.717, 1.165) is 54.0 Å². The highest BCUT2D eigenvalue weighted by atomic mass is 16.6. The standard InChI is InChI=1S/C22H25N3O2/c1-5-14-8-10-16-15(13-14)9-11-17-19(16)24-20(23-17)18-7-6-12-25(18)21(26)27-22(2,3)4/h1,8,10,13,18H,6-7,9,11-12H2,2-4H3,(H,23,24)/t18-/m0/s1. The zero-order valence-electron chi connectivity index (χ0n) is 16.1. The van der Waals surface area contributed by atoms with Crippen LogP contribution in [0, 0.1) is 12.3 Å². The van der Waals surface area contributed by atoms with Crippen LogP contribution in [0.3, 0.4) is 0 Å². The van der Waals surface area contributed by atoms with Gasteiger partial charge in [-0.1, -0.05) is 12.0 Å². The van der Waals surface area contributed by atoms with Gasteiger partial charge in [-0.3, -0.25) is 4.90 Å². The number of rotatable bonds is 1. The summed E-state index contributed by atoms with van der Waals surface area (Å²) >= 11 is 0.